The van der Waals surface area contributed by atoms with Gasteiger partial charge in [-0.25, -0.2) is 0 Å². The number of nitriles is 1. The fourth-order valence-electron chi connectivity index (χ4n) is 4.87. The number of fused-ring (bicyclic) bond motifs is 2. The standard InChI is InChI=1S/C27H30N2O4/c1-3-18-9-11-24-21(14-18)27(12-13-33-24)16-22(27)26(31)29-23-15-19(17-28)8-10-20(23)6-5-7-25(30)32-4-2/h8-11,14-15,22H,3-7,12-13,16H2,1-2H3,(H,29,31). The number of carbonyl (C=O) groups is 2. The van der Waals surface area contributed by atoms with E-state index in [2.05, 4.69) is 30.4 Å². The molecule has 172 valence electrons. The number of ether oxygens (including phenoxy) is 2. The van der Waals surface area contributed by atoms with Gasteiger partial charge in [0.15, 0.2) is 0 Å². The van der Waals surface area contributed by atoms with Crippen molar-refractivity contribution in [1.82, 2.24) is 0 Å². The fraction of sp³-hybridized carbons (Fsp3) is 0.444. The summed E-state index contributed by atoms with van der Waals surface area (Å²) < 4.78 is 10.9. The third-order valence-corrected chi connectivity index (χ3v) is 6.82. The highest BCUT2D eigenvalue weighted by Gasteiger charge is 2.61. The summed E-state index contributed by atoms with van der Waals surface area (Å²) in [7, 11) is 0. The summed E-state index contributed by atoms with van der Waals surface area (Å²) in [6.07, 6.45) is 4.13. The number of nitrogens with one attached hydrogen (secondary N) is 1. The summed E-state index contributed by atoms with van der Waals surface area (Å²) in [5, 5.41) is 12.4. The van der Waals surface area contributed by atoms with E-state index in [0.717, 1.165) is 36.1 Å². The van der Waals surface area contributed by atoms with Crippen LogP contribution in [0.15, 0.2) is 36.4 Å². The zero-order valence-corrected chi connectivity index (χ0v) is 19.3. The van der Waals surface area contributed by atoms with Gasteiger partial charge in [-0.3, -0.25) is 9.59 Å². The van der Waals surface area contributed by atoms with E-state index in [0.29, 0.717) is 43.7 Å². The normalized spacial score (nSPS) is 20.3. The third kappa shape index (κ3) is 4.73. The highest BCUT2D eigenvalue weighted by atomic mass is 16.5. The molecule has 1 aliphatic heterocycles. The van der Waals surface area contributed by atoms with Crippen molar-refractivity contribution in [2.24, 2.45) is 5.92 Å². The molecule has 1 N–H and O–H groups in total. The average molecular weight is 447 g/mol. The number of aryl methyl sites for hydroxylation is 2. The maximum absolute atomic E-state index is 13.3. The Morgan fingerprint density at radius 1 is 1.24 bits per heavy atom. The van der Waals surface area contributed by atoms with E-state index in [1.807, 2.05) is 12.1 Å². The molecule has 2 unspecified atom stereocenters. The number of benzene rings is 2. The van der Waals surface area contributed by atoms with Crippen LogP contribution in [0.25, 0.3) is 0 Å². The van der Waals surface area contributed by atoms with Crippen molar-refractivity contribution in [3.8, 4) is 11.8 Å². The number of hydrogen-bond donors (Lipinski definition) is 1. The van der Waals surface area contributed by atoms with Gasteiger partial charge in [0.25, 0.3) is 0 Å². The Hall–Kier alpha value is -3.33. The minimum absolute atomic E-state index is 0.0218. The summed E-state index contributed by atoms with van der Waals surface area (Å²) in [5.41, 5.74) is 4.29. The predicted molar refractivity (Wildman–Crippen MR) is 125 cm³/mol. The molecule has 2 aromatic rings. The molecule has 6 heteroatoms. The molecule has 1 aliphatic carbocycles. The summed E-state index contributed by atoms with van der Waals surface area (Å²) in [6.45, 7) is 4.90. The second-order valence-corrected chi connectivity index (χ2v) is 8.83. The average Bonchev–Trinajstić information content (AvgIpc) is 3.54. The van der Waals surface area contributed by atoms with Crippen LogP contribution in [-0.4, -0.2) is 25.1 Å². The van der Waals surface area contributed by atoms with Crippen LogP contribution in [0.1, 0.15) is 61.8 Å². The number of esters is 1. The quantitative estimate of drug-likeness (QED) is 0.595. The summed E-state index contributed by atoms with van der Waals surface area (Å²) in [4.78, 5) is 25.0. The summed E-state index contributed by atoms with van der Waals surface area (Å²) in [5.74, 6) is 0.526. The summed E-state index contributed by atoms with van der Waals surface area (Å²) >= 11 is 0. The van der Waals surface area contributed by atoms with E-state index < -0.39 is 0 Å². The summed E-state index contributed by atoms with van der Waals surface area (Å²) in [6, 6.07) is 13.8. The van der Waals surface area contributed by atoms with Crippen LogP contribution in [0.3, 0.4) is 0 Å². The van der Waals surface area contributed by atoms with Gasteiger partial charge in [-0.05, 0) is 68.4 Å². The number of hydrogen-bond acceptors (Lipinski definition) is 5. The van der Waals surface area contributed by atoms with Crippen LogP contribution in [-0.2, 0) is 32.6 Å². The highest BCUT2D eigenvalue weighted by molar-refractivity contribution is 5.97. The van der Waals surface area contributed by atoms with Crippen LogP contribution in [0, 0.1) is 17.2 Å². The first kappa shape index (κ1) is 22.8. The van der Waals surface area contributed by atoms with Gasteiger partial charge < -0.3 is 14.8 Å². The molecule has 2 aliphatic rings. The molecular formula is C27H30N2O4. The van der Waals surface area contributed by atoms with Crippen molar-refractivity contribution in [1.29, 1.82) is 5.26 Å². The van der Waals surface area contributed by atoms with Gasteiger partial charge in [0.2, 0.25) is 5.91 Å². The van der Waals surface area contributed by atoms with Crippen molar-refractivity contribution in [3.05, 3.63) is 58.7 Å². The number of anilines is 1. The number of amides is 1. The Bertz CT molecular complexity index is 1100. The van der Waals surface area contributed by atoms with Crippen molar-refractivity contribution >= 4 is 17.6 Å². The molecule has 0 bridgehead atoms. The molecule has 0 aromatic heterocycles. The van der Waals surface area contributed by atoms with E-state index in [1.165, 1.54) is 5.56 Å². The van der Waals surface area contributed by atoms with Crippen molar-refractivity contribution in [2.75, 3.05) is 18.5 Å². The smallest absolute Gasteiger partial charge is 0.305 e. The molecule has 2 aromatic carbocycles. The zero-order valence-electron chi connectivity index (χ0n) is 19.3. The monoisotopic (exact) mass is 446 g/mol. The van der Waals surface area contributed by atoms with E-state index in [9.17, 15) is 14.9 Å². The Balaban J connectivity index is 1.50. The van der Waals surface area contributed by atoms with Gasteiger partial charge in [0.1, 0.15) is 5.75 Å². The first-order valence-electron chi connectivity index (χ1n) is 11.8. The molecule has 0 radical (unpaired) electrons. The second kappa shape index (κ2) is 9.66. The van der Waals surface area contributed by atoms with Crippen LogP contribution in [0.2, 0.25) is 0 Å². The van der Waals surface area contributed by atoms with Crippen molar-refractivity contribution in [3.63, 3.8) is 0 Å². The van der Waals surface area contributed by atoms with E-state index in [-0.39, 0.29) is 23.2 Å². The van der Waals surface area contributed by atoms with E-state index in [4.69, 9.17) is 9.47 Å². The van der Waals surface area contributed by atoms with Crippen LogP contribution in [0.4, 0.5) is 5.69 Å². The lowest BCUT2D eigenvalue weighted by atomic mass is 9.86. The van der Waals surface area contributed by atoms with Gasteiger partial charge in [0, 0.05) is 29.0 Å². The molecule has 0 saturated heterocycles. The Morgan fingerprint density at radius 3 is 2.85 bits per heavy atom. The molecular weight excluding hydrogens is 416 g/mol. The molecule has 2 atom stereocenters. The zero-order chi connectivity index (χ0) is 23.4. The van der Waals surface area contributed by atoms with Gasteiger partial charge in [-0.2, -0.15) is 5.26 Å². The molecule has 1 spiro atoms. The van der Waals surface area contributed by atoms with E-state index in [1.54, 1.807) is 19.1 Å². The van der Waals surface area contributed by atoms with Crippen molar-refractivity contribution in [2.45, 2.75) is 57.8 Å². The predicted octanol–water partition coefficient (Wildman–Crippen LogP) is 4.69. The first-order valence-corrected chi connectivity index (χ1v) is 11.8. The van der Waals surface area contributed by atoms with Gasteiger partial charge in [-0.15, -0.1) is 0 Å². The highest BCUT2D eigenvalue weighted by Crippen LogP contribution is 2.61. The lowest BCUT2D eigenvalue weighted by Gasteiger charge is -2.27. The lowest BCUT2D eigenvalue weighted by molar-refractivity contribution is -0.143. The third-order valence-electron chi connectivity index (χ3n) is 6.82. The molecule has 1 heterocycles. The van der Waals surface area contributed by atoms with Gasteiger partial charge in [-0.1, -0.05) is 25.1 Å². The topological polar surface area (TPSA) is 88.4 Å². The molecule has 6 nitrogen and oxygen atoms in total. The van der Waals surface area contributed by atoms with Crippen LogP contribution < -0.4 is 10.1 Å². The van der Waals surface area contributed by atoms with Crippen LogP contribution in [0.5, 0.6) is 5.75 Å². The largest absolute Gasteiger partial charge is 0.493 e. The second-order valence-electron chi connectivity index (χ2n) is 8.83. The molecule has 4 rings (SSSR count). The SMILES string of the molecule is CCOC(=O)CCCc1ccc(C#N)cc1NC(=O)C1CC12CCOc1ccc(CC)cc12. The first-order chi connectivity index (χ1) is 16.0. The van der Waals surface area contributed by atoms with E-state index >= 15 is 0 Å². The minimum atomic E-state index is -0.221. The Kier molecular flexibility index (Phi) is 6.69. The Morgan fingerprint density at radius 2 is 2.09 bits per heavy atom. The minimum Gasteiger partial charge on any atom is -0.493 e. The maximum Gasteiger partial charge on any atom is 0.305 e. The number of nitrogens with zero attached hydrogens (tertiary/aromatic N) is 1. The number of carbonyl (C=O) groups excluding carboxylic acids is 2. The van der Waals surface area contributed by atoms with Gasteiger partial charge in [0.05, 0.1) is 24.8 Å². The van der Waals surface area contributed by atoms with Crippen LogP contribution >= 0.6 is 0 Å². The molecule has 33 heavy (non-hydrogen) atoms. The fourth-order valence-corrected chi connectivity index (χ4v) is 4.87. The molecule has 1 saturated carbocycles. The number of rotatable bonds is 8. The maximum atomic E-state index is 13.3. The van der Waals surface area contributed by atoms with Gasteiger partial charge >= 0.3 is 5.97 Å². The Labute approximate surface area is 194 Å². The lowest BCUT2D eigenvalue weighted by Crippen LogP contribution is -2.27. The molecule has 1 amide bonds. The van der Waals surface area contributed by atoms with Crippen molar-refractivity contribution < 1.29 is 19.1 Å². The molecule has 1 fully saturated rings.